The Kier molecular flexibility index (Phi) is 6.59. The molecule has 0 radical (unpaired) electrons. The predicted octanol–water partition coefficient (Wildman–Crippen LogP) is -0.00230. The zero-order valence-corrected chi connectivity index (χ0v) is 11.9. The van der Waals surface area contributed by atoms with Crippen molar-refractivity contribution in [3.05, 3.63) is 35.4 Å². The van der Waals surface area contributed by atoms with Crippen molar-refractivity contribution < 1.29 is 23.1 Å². The van der Waals surface area contributed by atoms with Crippen LogP contribution in [-0.4, -0.2) is 46.3 Å². The molecule has 0 fully saturated rings. The van der Waals surface area contributed by atoms with Crippen molar-refractivity contribution in [2.45, 2.75) is 6.42 Å². The maximum atomic E-state index is 11.5. The molecule has 1 rings (SSSR count). The van der Waals surface area contributed by atoms with Crippen LogP contribution in [0.1, 0.15) is 15.9 Å². The van der Waals surface area contributed by atoms with Gasteiger partial charge in [0, 0.05) is 20.2 Å². The predicted molar refractivity (Wildman–Crippen MR) is 73.9 cm³/mol. The smallest absolute Gasteiger partial charge is 0.335 e. The highest BCUT2D eigenvalue weighted by atomic mass is 32.2. The fraction of sp³-hybridized carbons (Fsp3) is 0.417. The van der Waals surface area contributed by atoms with Crippen molar-refractivity contribution >= 4 is 16.2 Å². The number of benzene rings is 1. The Hall–Kier alpha value is -1.48. The molecule has 0 saturated carbocycles. The normalized spacial score (nSPS) is 11.4. The zero-order chi connectivity index (χ0) is 15.0. The van der Waals surface area contributed by atoms with E-state index in [1.807, 2.05) is 0 Å². The molecule has 20 heavy (non-hydrogen) atoms. The fourth-order valence-electron chi connectivity index (χ4n) is 1.47. The molecule has 0 atom stereocenters. The summed E-state index contributed by atoms with van der Waals surface area (Å²) in [7, 11) is -2.03. The second kappa shape index (κ2) is 7.95. The highest BCUT2D eigenvalue weighted by molar-refractivity contribution is 7.87. The Bertz CT molecular complexity index is 527. The Balaban J connectivity index is 2.38. The van der Waals surface area contributed by atoms with E-state index in [1.54, 1.807) is 12.1 Å². The number of methoxy groups -OCH3 is 1. The first kappa shape index (κ1) is 16.6. The van der Waals surface area contributed by atoms with Crippen molar-refractivity contribution in [2.75, 3.05) is 26.8 Å². The minimum Gasteiger partial charge on any atom is -0.478 e. The molecule has 0 aliphatic carbocycles. The van der Waals surface area contributed by atoms with Gasteiger partial charge in [-0.25, -0.2) is 9.52 Å². The van der Waals surface area contributed by atoms with Crippen LogP contribution in [0.3, 0.4) is 0 Å². The van der Waals surface area contributed by atoms with E-state index < -0.39 is 16.2 Å². The Morgan fingerprint density at radius 2 is 1.80 bits per heavy atom. The summed E-state index contributed by atoms with van der Waals surface area (Å²) in [6.07, 6.45) is 0.477. The summed E-state index contributed by atoms with van der Waals surface area (Å²) in [5.41, 5.74) is 1.06. The summed E-state index contributed by atoms with van der Waals surface area (Å²) in [5, 5.41) is 8.75. The van der Waals surface area contributed by atoms with Crippen LogP contribution in [0, 0.1) is 0 Å². The van der Waals surface area contributed by atoms with Gasteiger partial charge < -0.3 is 9.84 Å². The van der Waals surface area contributed by atoms with E-state index in [9.17, 15) is 13.2 Å². The van der Waals surface area contributed by atoms with Crippen molar-refractivity contribution in [3.63, 3.8) is 0 Å². The van der Waals surface area contributed by atoms with Gasteiger partial charge in [0.2, 0.25) is 0 Å². The molecule has 0 amide bonds. The van der Waals surface area contributed by atoms with Crippen LogP contribution in [0.2, 0.25) is 0 Å². The zero-order valence-electron chi connectivity index (χ0n) is 11.1. The lowest BCUT2D eigenvalue weighted by molar-refractivity contribution is 0.0697. The van der Waals surface area contributed by atoms with Gasteiger partial charge in [-0.1, -0.05) is 12.1 Å². The average molecular weight is 302 g/mol. The molecule has 0 heterocycles. The molecule has 0 aliphatic rings. The molecule has 0 bridgehead atoms. The first-order valence-corrected chi connectivity index (χ1v) is 7.48. The van der Waals surface area contributed by atoms with Crippen LogP contribution >= 0.6 is 0 Å². The number of hydrogen-bond donors (Lipinski definition) is 3. The number of carbonyl (C=O) groups is 1. The molecular formula is C12H18N2O5S. The van der Waals surface area contributed by atoms with Crippen molar-refractivity contribution in [1.82, 2.24) is 9.44 Å². The Morgan fingerprint density at radius 1 is 1.20 bits per heavy atom. The van der Waals surface area contributed by atoms with Gasteiger partial charge in [0.25, 0.3) is 10.2 Å². The van der Waals surface area contributed by atoms with Gasteiger partial charge in [-0.05, 0) is 24.1 Å². The van der Waals surface area contributed by atoms with Crippen LogP contribution in [0.5, 0.6) is 0 Å². The van der Waals surface area contributed by atoms with Crippen molar-refractivity contribution in [2.24, 2.45) is 0 Å². The Morgan fingerprint density at radius 3 is 2.35 bits per heavy atom. The van der Waals surface area contributed by atoms with E-state index in [0.717, 1.165) is 5.56 Å². The van der Waals surface area contributed by atoms with Crippen molar-refractivity contribution in [1.29, 1.82) is 0 Å². The van der Waals surface area contributed by atoms with E-state index in [2.05, 4.69) is 9.44 Å². The third-order valence-corrected chi connectivity index (χ3v) is 3.67. The van der Waals surface area contributed by atoms with E-state index >= 15 is 0 Å². The molecule has 0 aromatic heterocycles. The van der Waals surface area contributed by atoms with Crippen LogP contribution in [0.4, 0.5) is 0 Å². The second-order valence-corrected chi connectivity index (χ2v) is 5.62. The molecule has 3 N–H and O–H groups in total. The average Bonchev–Trinajstić information content (AvgIpc) is 2.39. The first-order valence-electron chi connectivity index (χ1n) is 6.00. The molecule has 0 unspecified atom stereocenters. The number of ether oxygens (including phenoxy) is 1. The van der Waals surface area contributed by atoms with E-state index in [-0.39, 0.29) is 18.7 Å². The SMILES string of the molecule is COCCNS(=O)(=O)NCCc1ccc(C(=O)O)cc1. The number of rotatable bonds is 9. The standard InChI is InChI=1S/C12H18N2O5S/c1-19-9-8-14-20(17,18)13-7-6-10-2-4-11(5-3-10)12(15)16/h2-5,13-14H,6-9H2,1H3,(H,15,16). The third-order valence-electron chi connectivity index (χ3n) is 2.50. The molecule has 1 aromatic carbocycles. The van der Waals surface area contributed by atoms with Gasteiger partial charge in [0.05, 0.1) is 12.2 Å². The van der Waals surface area contributed by atoms with Gasteiger partial charge in [0.1, 0.15) is 0 Å². The number of nitrogens with one attached hydrogen (secondary N) is 2. The van der Waals surface area contributed by atoms with E-state index in [4.69, 9.17) is 9.84 Å². The number of aromatic carboxylic acids is 1. The highest BCUT2D eigenvalue weighted by Gasteiger charge is 2.08. The molecule has 7 nitrogen and oxygen atoms in total. The number of carboxylic acids is 1. The summed E-state index contributed by atoms with van der Waals surface area (Å²) in [6, 6.07) is 6.30. The largest absolute Gasteiger partial charge is 0.478 e. The van der Waals surface area contributed by atoms with Crippen molar-refractivity contribution in [3.8, 4) is 0 Å². The van der Waals surface area contributed by atoms with E-state index in [1.165, 1.54) is 19.2 Å². The van der Waals surface area contributed by atoms with Gasteiger partial charge in [-0.2, -0.15) is 13.1 Å². The monoisotopic (exact) mass is 302 g/mol. The molecule has 112 valence electrons. The van der Waals surface area contributed by atoms with Gasteiger partial charge in [0.15, 0.2) is 0 Å². The van der Waals surface area contributed by atoms with Crippen LogP contribution < -0.4 is 9.44 Å². The minimum atomic E-state index is -3.52. The number of carboxylic acid groups (broad SMARTS) is 1. The fourth-order valence-corrected chi connectivity index (χ4v) is 2.30. The summed E-state index contributed by atoms with van der Waals surface area (Å²) >= 11 is 0. The first-order chi connectivity index (χ1) is 9.44. The lowest BCUT2D eigenvalue weighted by Gasteiger charge is -2.08. The maximum Gasteiger partial charge on any atom is 0.335 e. The lowest BCUT2D eigenvalue weighted by Crippen LogP contribution is -2.39. The highest BCUT2D eigenvalue weighted by Crippen LogP contribution is 2.04. The molecule has 0 spiro atoms. The summed E-state index contributed by atoms with van der Waals surface area (Å²) in [4.78, 5) is 10.7. The topological polar surface area (TPSA) is 105 Å². The van der Waals surface area contributed by atoms with E-state index in [0.29, 0.717) is 13.0 Å². The molecule has 8 heteroatoms. The van der Waals surface area contributed by atoms with Gasteiger partial charge in [-0.15, -0.1) is 0 Å². The third kappa shape index (κ3) is 6.11. The Labute approximate surface area is 118 Å². The lowest BCUT2D eigenvalue weighted by atomic mass is 10.1. The second-order valence-electron chi connectivity index (χ2n) is 4.04. The molecule has 0 saturated heterocycles. The molecule has 1 aromatic rings. The molecule has 0 aliphatic heterocycles. The number of hydrogen-bond acceptors (Lipinski definition) is 4. The van der Waals surface area contributed by atoms with Crippen LogP contribution in [-0.2, 0) is 21.4 Å². The van der Waals surface area contributed by atoms with Gasteiger partial charge in [-0.3, -0.25) is 0 Å². The molecular weight excluding hydrogens is 284 g/mol. The minimum absolute atomic E-state index is 0.204. The quantitative estimate of drug-likeness (QED) is 0.557. The van der Waals surface area contributed by atoms with Crippen LogP contribution in [0.25, 0.3) is 0 Å². The summed E-state index contributed by atoms with van der Waals surface area (Å²) in [6.45, 7) is 0.742. The van der Waals surface area contributed by atoms with Gasteiger partial charge >= 0.3 is 5.97 Å². The summed E-state index contributed by atoms with van der Waals surface area (Å²) < 4.78 is 32.4. The van der Waals surface area contributed by atoms with Crippen LogP contribution in [0.15, 0.2) is 24.3 Å². The maximum absolute atomic E-state index is 11.5. The summed E-state index contributed by atoms with van der Waals surface area (Å²) in [5.74, 6) is -0.986.